The van der Waals surface area contributed by atoms with Crippen LogP contribution < -0.4 is 15.6 Å². The van der Waals surface area contributed by atoms with Gasteiger partial charge in [-0.3, -0.25) is 9.59 Å². The molecule has 0 saturated carbocycles. The quantitative estimate of drug-likeness (QED) is 0.651. The topological polar surface area (TPSA) is 84.1 Å². The van der Waals surface area contributed by atoms with Crippen molar-refractivity contribution in [2.75, 3.05) is 0 Å². The molecular formula is C20H19F2N3O3. The largest absolute Gasteiger partial charge is 0.435 e. The molecule has 1 amide bonds. The Labute approximate surface area is 159 Å². The second-order valence-electron chi connectivity index (χ2n) is 6.27. The number of aryl methyl sites for hydroxylation is 1. The number of fused-ring (bicyclic) bond motifs is 1. The van der Waals surface area contributed by atoms with Crippen LogP contribution in [0, 0.1) is 0 Å². The Kier molecular flexibility index (Phi) is 5.98. The van der Waals surface area contributed by atoms with Crippen molar-refractivity contribution in [3.63, 3.8) is 0 Å². The lowest BCUT2D eigenvalue weighted by Gasteiger charge is -2.15. The first-order valence-corrected chi connectivity index (χ1v) is 8.74. The fourth-order valence-electron chi connectivity index (χ4n) is 2.82. The third-order valence-electron chi connectivity index (χ3n) is 4.23. The number of nitrogens with one attached hydrogen (secondary N) is 2. The van der Waals surface area contributed by atoms with Gasteiger partial charge in [0, 0.05) is 12.8 Å². The Morgan fingerprint density at radius 2 is 1.89 bits per heavy atom. The molecule has 0 bridgehead atoms. The number of hydrogen-bond acceptors (Lipinski definition) is 4. The van der Waals surface area contributed by atoms with E-state index in [0.29, 0.717) is 23.1 Å². The van der Waals surface area contributed by atoms with E-state index in [-0.39, 0.29) is 29.7 Å². The SMILES string of the molecule is CC(NC(=O)CCc1nc2ccccc2c(=O)[nH]1)c1ccc(OC(F)F)cc1. The molecule has 0 fully saturated rings. The van der Waals surface area contributed by atoms with E-state index in [9.17, 15) is 18.4 Å². The number of halogens is 2. The van der Waals surface area contributed by atoms with Gasteiger partial charge in [0.25, 0.3) is 5.56 Å². The van der Waals surface area contributed by atoms with Gasteiger partial charge in [-0.2, -0.15) is 8.78 Å². The maximum absolute atomic E-state index is 12.2. The molecule has 0 spiro atoms. The molecule has 1 heterocycles. The summed E-state index contributed by atoms with van der Waals surface area (Å²) in [6, 6.07) is 12.8. The molecular weight excluding hydrogens is 368 g/mol. The summed E-state index contributed by atoms with van der Waals surface area (Å²) in [5.74, 6) is 0.292. The van der Waals surface area contributed by atoms with E-state index in [4.69, 9.17) is 0 Å². The predicted molar refractivity (Wildman–Crippen MR) is 100 cm³/mol. The zero-order chi connectivity index (χ0) is 20.1. The van der Waals surface area contributed by atoms with Crippen LogP contribution in [-0.4, -0.2) is 22.5 Å². The number of ether oxygens (including phenoxy) is 1. The molecule has 1 unspecified atom stereocenters. The van der Waals surface area contributed by atoms with Gasteiger partial charge in [-0.25, -0.2) is 4.98 Å². The first-order chi connectivity index (χ1) is 13.4. The number of nitrogens with zero attached hydrogens (tertiary/aromatic N) is 1. The minimum atomic E-state index is -2.88. The van der Waals surface area contributed by atoms with Crippen LogP contribution in [0.4, 0.5) is 8.78 Å². The van der Waals surface area contributed by atoms with Crippen molar-refractivity contribution in [2.24, 2.45) is 0 Å². The van der Waals surface area contributed by atoms with Crippen molar-refractivity contribution in [3.05, 3.63) is 70.3 Å². The monoisotopic (exact) mass is 387 g/mol. The van der Waals surface area contributed by atoms with Crippen molar-refractivity contribution in [3.8, 4) is 5.75 Å². The second-order valence-corrected chi connectivity index (χ2v) is 6.27. The van der Waals surface area contributed by atoms with Gasteiger partial charge in [0.05, 0.1) is 16.9 Å². The van der Waals surface area contributed by atoms with Crippen LogP contribution in [0.15, 0.2) is 53.3 Å². The molecule has 146 valence electrons. The number of aromatic nitrogens is 2. The third kappa shape index (κ3) is 4.91. The second kappa shape index (κ2) is 8.60. The van der Waals surface area contributed by atoms with Gasteiger partial charge in [-0.15, -0.1) is 0 Å². The summed E-state index contributed by atoms with van der Waals surface area (Å²) in [5.41, 5.74) is 1.11. The number of benzene rings is 2. The number of H-pyrrole nitrogens is 1. The summed E-state index contributed by atoms with van der Waals surface area (Å²) >= 11 is 0. The van der Waals surface area contributed by atoms with Gasteiger partial charge in [0.1, 0.15) is 11.6 Å². The highest BCUT2D eigenvalue weighted by Crippen LogP contribution is 2.19. The third-order valence-corrected chi connectivity index (χ3v) is 4.23. The van der Waals surface area contributed by atoms with Crippen molar-refractivity contribution in [2.45, 2.75) is 32.4 Å². The Morgan fingerprint density at radius 3 is 2.61 bits per heavy atom. The van der Waals surface area contributed by atoms with E-state index in [1.165, 1.54) is 12.1 Å². The molecule has 3 rings (SSSR count). The number of alkyl halides is 2. The number of carbonyl (C=O) groups is 1. The first kappa shape index (κ1) is 19.5. The van der Waals surface area contributed by atoms with Gasteiger partial charge >= 0.3 is 6.61 Å². The lowest BCUT2D eigenvalue weighted by molar-refractivity contribution is -0.121. The van der Waals surface area contributed by atoms with Crippen LogP contribution in [-0.2, 0) is 11.2 Å². The number of amides is 1. The Morgan fingerprint density at radius 1 is 1.18 bits per heavy atom. The Bertz CT molecular complexity index is 1020. The molecule has 28 heavy (non-hydrogen) atoms. The van der Waals surface area contributed by atoms with Crippen LogP contribution in [0.2, 0.25) is 0 Å². The normalized spacial score (nSPS) is 12.1. The summed E-state index contributed by atoms with van der Waals surface area (Å²) in [7, 11) is 0. The van der Waals surface area contributed by atoms with E-state index < -0.39 is 6.61 Å². The molecule has 0 aliphatic heterocycles. The minimum absolute atomic E-state index is 0.0589. The van der Waals surface area contributed by atoms with Crippen LogP contribution in [0.25, 0.3) is 10.9 Å². The summed E-state index contributed by atoms with van der Waals surface area (Å²) in [5, 5.41) is 3.33. The molecule has 3 aromatic rings. The fourth-order valence-corrected chi connectivity index (χ4v) is 2.82. The van der Waals surface area contributed by atoms with Crippen molar-refractivity contribution in [1.29, 1.82) is 0 Å². The number of aromatic amines is 1. The minimum Gasteiger partial charge on any atom is -0.435 e. The van der Waals surface area contributed by atoms with E-state index in [2.05, 4.69) is 20.0 Å². The van der Waals surface area contributed by atoms with Crippen molar-refractivity contribution in [1.82, 2.24) is 15.3 Å². The van der Waals surface area contributed by atoms with Crippen molar-refractivity contribution >= 4 is 16.8 Å². The smallest absolute Gasteiger partial charge is 0.387 e. The van der Waals surface area contributed by atoms with Gasteiger partial charge in [-0.05, 0) is 36.8 Å². The highest BCUT2D eigenvalue weighted by Gasteiger charge is 2.12. The Balaban J connectivity index is 1.57. The van der Waals surface area contributed by atoms with Gasteiger partial charge < -0.3 is 15.0 Å². The summed E-state index contributed by atoms with van der Waals surface area (Å²) in [6.07, 6.45) is 0.442. The molecule has 0 aliphatic carbocycles. The average molecular weight is 387 g/mol. The molecule has 6 nitrogen and oxygen atoms in total. The van der Waals surface area contributed by atoms with E-state index >= 15 is 0 Å². The predicted octanol–water partition coefficient (Wildman–Crippen LogP) is 3.33. The lowest BCUT2D eigenvalue weighted by Crippen LogP contribution is -2.27. The van der Waals surface area contributed by atoms with Gasteiger partial charge in [-0.1, -0.05) is 24.3 Å². The average Bonchev–Trinajstić information content (AvgIpc) is 2.66. The van der Waals surface area contributed by atoms with E-state index in [0.717, 1.165) is 5.56 Å². The highest BCUT2D eigenvalue weighted by atomic mass is 19.3. The standard InChI is InChI=1S/C20H19F2N3O3/c1-12(13-6-8-14(9-7-13)28-20(21)22)23-18(26)11-10-17-24-16-5-3-2-4-15(16)19(27)25-17/h2-9,12,20H,10-11H2,1H3,(H,23,26)(H,24,25,27). The van der Waals surface area contributed by atoms with Crippen molar-refractivity contribution < 1.29 is 18.3 Å². The van der Waals surface area contributed by atoms with E-state index in [1.54, 1.807) is 43.3 Å². The summed E-state index contributed by atoms with van der Waals surface area (Å²) < 4.78 is 28.7. The van der Waals surface area contributed by atoms with Gasteiger partial charge in [0.15, 0.2) is 0 Å². The molecule has 2 aromatic carbocycles. The molecule has 1 atom stereocenters. The van der Waals surface area contributed by atoms with Crippen LogP contribution in [0.3, 0.4) is 0 Å². The Hall–Kier alpha value is -3.29. The summed E-state index contributed by atoms with van der Waals surface area (Å²) in [6.45, 7) is -1.09. The molecule has 0 aliphatic rings. The number of carbonyl (C=O) groups excluding carboxylic acids is 1. The zero-order valence-electron chi connectivity index (χ0n) is 15.1. The van der Waals surface area contributed by atoms with E-state index in [1.807, 2.05) is 0 Å². The fraction of sp³-hybridized carbons (Fsp3) is 0.250. The van der Waals surface area contributed by atoms with Crippen LogP contribution >= 0.6 is 0 Å². The maximum Gasteiger partial charge on any atom is 0.387 e. The number of hydrogen-bond donors (Lipinski definition) is 2. The first-order valence-electron chi connectivity index (χ1n) is 8.74. The molecule has 8 heteroatoms. The highest BCUT2D eigenvalue weighted by molar-refractivity contribution is 5.78. The molecule has 0 radical (unpaired) electrons. The zero-order valence-corrected chi connectivity index (χ0v) is 15.1. The van der Waals surface area contributed by atoms with Crippen LogP contribution in [0.1, 0.15) is 30.8 Å². The lowest BCUT2D eigenvalue weighted by atomic mass is 10.1. The van der Waals surface area contributed by atoms with Gasteiger partial charge in [0.2, 0.25) is 5.91 Å². The number of rotatable bonds is 7. The molecule has 1 aromatic heterocycles. The molecule has 0 saturated heterocycles. The summed E-state index contributed by atoms with van der Waals surface area (Å²) in [4.78, 5) is 31.3. The molecule has 2 N–H and O–H groups in total. The number of para-hydroxylation sites is 1. The van der Waals surface area contributed by atoms with Crippen LogP contribution in [0.5, 0.6) is 5.75 Å². The maximum atomic E-state index is 12.2.